The maximum atomic E-state index is 13.0. The number of aromatic amines is 1. The third kappa shape index (κ3) is 3.23. The lowest BCUT2D eigenvalue weighted by atomic mass is 10.0. The molecule has 0 aromatic carbocycles. The average Bonchev–Trinajstić information content (AvgIpc) is 3.29. The molecule has 8 heteroatoms. The van der Waals surface area contributed by atoms with Gasteiger partial charge in [-0.15, -0.1) is 0 Å². The summed E-state index contributed by atoms with van der Waals surface area (Å²) >= 11 is 0. The first-order chi connectivity index (χ1) is 12.5. The average molecular weight is 362 g/mol. The van der Waals surface area contributed by atoms with E-state index in [-0.39, 0.29) is 30.1 Å². The van der Waals surface area contributed by atoms with Crippen LogP contribution in [0.15, 0.2) is 0 Å². The highest BCUT2D eigenvalue weighted by atomic mass is 16.5. The van der Waals surface area contributed by atoms with Crippen molar-refractivity contribution in [2.24, 2.45) is 0 Å². The molecule has 0 saturated carbocycles. The molecule has 2 amide bonds. The first-order valence-corrected chi connectivity index (χ1v) is 9.44. The molecular weight excluding hydrogens is 336 g/mol. The zero-order chi connectivity index (χ0) is 18.3. The molecular formula is C18H26N4O4. The molecule has 3 atom stereocenters. The van der Waals surface area contributed by atoms with Crippen LogP contribution in [0.4, 0.5) is 0 Å². The van der Waals surface area contributed by atoms with Crippen LogP contribution in [0.3, 0.4) is 0 Å². The molecule has 0 spiro atoms. The molecule has 2 fully saturated rings. The van der Waals surface area contributed by atoms with E-state index >= 15 is 0 Å². The number of carbonyl (C=O) groups excluding carboxylic acids is 2. The molecule has 142 valence electrons. The van der Waals surface area contributed by atoms with Crippen LogP contribution in [0.2, 0.25) is 0 Å². The third-order valence-electron chi connectivity index (χ3n) is 5.36. The van der Waals surface area contributed by atoms with Gasteiger partial charge in [0.2, 0.25) is 0 Å². The molecule has 0 radical (unpaired) electrons. The standard InChI is InChI=1S/C18H26N4O4/c1-11-8-22(9-12(2)26-11)18(24)16-13-10-21(6-5-14(13)19-20-16)17(23)15-4-3-7-25-15/h11-12,15H,3-10H2,1-2H3,(H,19,20). The van der Waals surface area contributed by atoms with E-state index in [0.717, 1.165) is 24.1 Å². The van der Waals surface area contributed by atoms with Gasteiger partial charge in [-0.3, -0.25) is 14.7 Å². The highest BCUT2D eigenvalue weighted by molar-refractivity contribution is 5.94. The Morgan fingerprint density at radius 1 is 1.19 bits per heavy atom. The molecule has 8 nitrogen and oxygen atoms in total. The van der Waals surface area contributed by atoms with Gasteiger partial charge in [-0.25, -0.2) is 0 Å². The minimum absolute atomic E-state index is 0.00931. The van der Waals surface area contributed by atoms with Crippen molar-refractivity contribution in [3.63, 3.8) is 0 Å². The van der Waals surface area contributed by atoms with Crippen molar-refractivity contribution in [1.29, 1.82) is 0 Å². The number of nitrogens with zero attached hydrogens (tertiary/aromatic N) is 3. The van der Waals surface area contributed by atoms with Crippen molar-refractivity contribution in [1.82, 2.24) is 20.0 Å². The fraction of sp³-hybridized carbons (Fsp3) is 0.722. The minimum atomic E-state index is -0.330. The van der Waals surface area contributed by atoms with Gasteiger partial charge < -0.3 is 19.3 Å². The molecule has 1 aromatic heterocycles. The quantitative estimate of drug-likeness (QED) is 0.838. The van der Waals surface area contributed by atoms with Crippen molar-refractivity contribution in [2.75, 3.05) is 26.2 Å². The monoisotopic (exact) mass is 362 g/mol. The third-order valence-corrected chi connectivity index (χ3v) is 5.36. The molecule has 4 rings (SSSR count). The molecule has 4 heterocycles. The summed E-state index contributed by atoms with van der Waals surface area (Å²) in [6.07, 6.45) is 2.08. The van der Waals surface area contributed by atoms with Crippen LogP contribution < -0.4 is 0 Å². The number of fused-ring (bicyclic) bond motifs is 1. The van der Waals surface area contributed by atoms with Crippen LogP contribution in [0.1, 0.15) is 48.4 Å². The molecule has 1 N–H and O–H groups in total. The number of H-pyrrole nitrogens is 1. The van der Waals surface area contributed by atoms with Gasteiger partial charge in [0, 0.05) is 50.5 Å². The number of morpholine rings is 1. The molecule has 3 aliphatic rings. The highest BCUT2D eigenvalue weighted by Crippen LogP contribution is 2.25. The molecule has 26 heavy (non-hydrogen) atoms. The Bertz CT molecular complexity index is 687. The Morgan fingerprint density at radius 2 is 1.96 bits per heavy atom. The number of aromatic nitrogens is 2. The predicted octanol–water partition coefficient (Wildman–Crippen LogP) is 0.723. The Morgan fingerprint density at radius 3 is 2.65 bits per heavy atom. The van der Waals surface area contributed by atoms with E-state index in [1.54, 1.807) is 9.80 Å². The van der Waals surface area contributed by atoms with Gasteiger partial charge in [0.05, 0.1) is 12.2 Å². The Balaban J connectivity index is 1.51. The van der Waals surface area contributed by atoms with Gasteiger partial charge in [0.1, 0.15) is 6.10 Å². The highest BCUT2D eigenvalue weighted by Gasteiger charge is 2.35. The number of rotatable bonds is 2. The summed E-state index contributed by atoms with van der Waals surface area (Å²) in [5.41, 5.74) is 2.24. The summed E-state index contributed by atoms with van der Waals surface area (Å²) in [5, 5.41) is 7.29. The van der Waals surface area contributed by atoms with E-state index in [4.69, 9.17) is 9.47 Å². The van der Waals surface area contributed by atoms with Crippen LogP contribution in [0.25, 0.3) is 0 Å². The fourth-order valence-corrected chi connectivity index (χ4v) is 4.13. The van der Waals surface area contributed by atoms with Crippen LogP contribution in [0, 0.1) is 0 Å². The van der Waals surface area contributed by atoms with Crippen LogP contribution in [-0.2, 0) is 27.2 Å². The maximum Gasteiger partial charge on any atom is 0.274 e. The molecule has 0 aliphatic carbocycles. The molecule has 3 aliphatic heterocycles. The van der Waals surface area contributed by atoms with E-state index in [1.807, 2.05) is 13.8 Å². The second kappa shape index (κ2) is 7.00. The Hall–Kier alpha value is -1.93. The van der Waals surface area contributed by atoms with E-state index in [0.29, 0.717) is 44.9 Å². The van der Waals surface area contributed by atoms with Crippen molar-refractivity contribution >= 4 is 11.8 Å². The van der Waals surface area contributed by atoms with Gasteiger partial charge in [-0.2, -0.15) is 5.10 Å². The summed E-state index contributed by atoms with van der Waals surface area (Å²) in [5.74, 6) is -0.0581. The maximum absolute atomic E-state index is 13.0. The second-order valence-corrected chi connectivity index (χ2v) is 7.51. The van der Waals surface area contributed by atoms with Crippen molar-refractivity contribution < 1.29 is 19.1 Å². The van der Waals surface area contributed by atoms with Crippen molar-refractivity contribution in [3.8, 4) is 0 Å². The lowest BCUT2D eigenvalue weighted by molar-refractivity contribution is -0.141. The molecule has 1 aromatic rings. The van der Waals surface area contributed by atoms with Crippen LogP contribution in [-0.4, -0.2) is 76.4 Å². The van der Waals surface area contributed by atoms with Gasteiger partial charge in [0.25, 0.3) is 11.8 Å². The number of hydrogen-bond acceptors (Lipinski definition) is 5. The lowest BCUT2D eigenvalue weighted by Gasteiger charge is -2.35. The molecule has 2 saturated heterocycles. The predicted molar refractivity (Wildman–Crippen MR) is 92.6 cm³/mol. The second-order valence-electron chi connectivity index (χ2n) is 7.51. The number of carbonyl (C=O) groups is 2. The smallest absolute Gasteiger partial charge is 0.274 e. The van der Waals surface area contributed by atoms with Crippen molar-refractivity contribution in [2.45, 2.75) is 58.0 Å². The summed E-state index contributed by atoms with van der Waals surface area (Å²) in [4.78, 5) is 29.3. The minimum Gasteiger partial charge on any atom is -0.372 e. The Kier molecular flexibility index (Phi) is 4.71. The molecule has 3 unspecified atom stereocenters. The van der Waals surface area contributed by atoms with Gasteiger partial charge in [0.15, 0.2) is 5.69 Å². The van der Waals surface area contributed by atoms with E-state index < -0.39 is 0 Å². The van der Waals surface area contributed by atoms with E-state index in [1.165, 1.54) is 0 Å². The van der Waals surface area contributed by atoms with Gasteiger partial charge in [-0.05, 0) is 26.7 Å². The largest absolute Gasteiger partial charge is 0.372 e. The van der Waals surface area contributed by atoms with Crippen LogP contribution >= 0.6 is 0 Å². The van der Waals surface area contributed by atoms with Crippen molar-refractivity contribution in [3.05, 3.63) is 17.0 Å². The summed E-state index contributed by atoms with van der Waals surface area (Å²) in [6.45, 7) is 6.76. The summed E-state index contributed by atoms with van der Waals surface area (Å²) in [6, 6.07) is 0. The zero-order valence-corrected chi connectivity index (χ0v) is 15.4. The van der Waals surface area contributed by atoms with Crippen LogP contribution in [0.5, 0.6) is 0 Å². The van der Waals surface area contributed by atoms with Gasteiger partial charge >= 0.3 is 0 Å². The first-order valence-electron chi connectivity index (χ1n) is 9.44. The normalized spacial score (nSPS) is 28.9. The number of amides is 2. The zero-order valence-electron chi connectivity index (χ0n) is 15.4. The first kappa shape index (κ1) is 17.5. The fourth-order valence-electron chi connectivity index (χ4n) is 4.13. The van der Waals surface area contributed by atoms with E-state index in [2.05, 4.69) is 10.2 Å². The summed E-state index contributed by atoms with van der Waals surface area (Å²) < 4.78 is 11.2. The SMILES string of the molecule is CC1CN(C(=O)c2n[nH]c3c2CN(C(=O)C2CCCO2)CC3)CC(C)O1. The number of hydrogen-bond donors (Lipinski definition) is 1. The van der Waals surface area contributed by atoms with Gasteiger partial charge in [-0.1, -0.05) is 0 Å². The topological polar surface area (TPSA) is 87.8 Å². The number of nitrogens with one attached hydrogen (secondary N) is 1. The Labute approximate surface area is 152 Å². The number of ether oxygens (including phenoxy) is 2. The molecule has 0 bridgehead atoms. The summed E-state index contributed by atoms with van der Waals surface area (Å²) in [7, 11) is 0. The lowest BCUT2D eigenvalue weighted by Crippen LogP contribution is -2.48. The van der Waals surface area contributed by atoms with E-state index in [9.17, 15) is 9.59 Å².